The Morgan fingerprint density at radius 1 is 1.50 bits per heavy atom. The monoisotopic (exact) mass is 250 g/mol. The molecule has 1 aliphatic heterocycles. The zero-order valence-electron chi connectivity index (χ0n) is 10.5. The van der Waals surface area contributed by atoms with Crippen molar-refractivity contribution < 1.29 is 9.94 Å². The first-order valence-corrected chi connectivity index (χ1v) is 6.00. The normalized spacial score (nSPS) is 17.6. The van der Waals surface area contributed by atoms with Crippen LogP contribution in [-0.4, -0.2) is 42.3 Å². The highest BCUT2D eigenvalue weighted by atomic mass is 16.5. The number of hydrogen-bond donors (Lipinski definition) is 2. The van der Waals surface area contributed by atoms with Crippen LogP contribution in [0, 0.1) is 6.92 Å². The van der Waals surface area contributed by atoms with Crippen LogP contribution in [-0.2, 0) is 4.74 Å². The molecule has 0 aliphatic carbocycles. The van der Waals surface area contributed by atoms with E-state index < -0.39 is 0 Å². The van der Waals surface area contributed by atoms with Gasteiger partial charge in [0.1, 0.15) is 5.82 Å². The van der Waals surface area contributed by atoms with Gasteiger partial charge in [-0.2, -0.15) is 0 Å². The number of amidine groups is 1. The number of aryl methyl sites for hydroxylation is 1. The summed E-state index contributed by atoms with van der Waals surface area (Å²) < 4.78 is 5.42. The van der Waals surface area contributed by atoms with Gasteiger partial charge in [0.15, 0.2) is 5.84 Å². The molecule has 0 saturated carbocycles. The van der Waals surface area contributed by atoms with Crippen LogP contribution in [0.5, 0.6) is 0 Å². The summed E-state index contributed by atoms with van der Waals surface area (Å²) in [6, 6.07) is 1.85. The van der Waals surface area contributed by atoms with Crippen molar-refractivity contribution in [1.29, 1.82) is 0 Å². The third-order valence-electron chi connectivity index (χ3n) is 3.02. The molecule has 1 fully saturated rings. The van der Waals surface area contributed by atoms with E-state index in [1.807, 2.05) is 13.0 Å². The molecule has 6 nitrogen and oxygen atoms in total. The number of ether oxygens (including phenoxy) is 1. The standard InChI is InChI=1S/C12H18N4O2/c1-9-3-4-14-12(10(9)11(13)15-17)16-5-2-7-18-8-6-16/h3-4,17H,2,5-8H2,1H3,(H2,13,15). The molecule has 18 heavy (non-hydrogen) atoms. The molecule has 0 aromatic carbocycles. The van der Waals surface area contributed by atoms with Gasteiger partial charge in [-0.15, -0.1) is 0 Å². The Balaban J connectivity index is 2.39. The van der Waals surface area contributed by atoms with E-state index in [4.69, 9.17) is 15.7 Å². The van der Waals surface area contributed by atoms with Crippen molar-refractivity contribution in [3.8, 4) is 0 Å². The third kappa shape index (κ3) is 2.53. The van der Waals surface area contributed by atoms with Crippen LogP contribution >= 0.6 is 0 Å². The maximum absolute atomic E-state index is 8.88. The minimum Gasteiger partial charge on any atom is -0.409 e. The molecule has 0 unspecified atom stereocenters. The zero-order chi connectivity index (χ0) is 13.0. The fraction of sp³-hybridized carbons (Fsp3) is 0.500. The van der Waals surface area contributed by atoms with Crippen LogP contribution in [0.25, 0.3) is 0 Å². The molecule has 98 valence electrons. The first-order valence-electron chi connectivity index (χ1n) is 6.00. The smallest absolute Gasteiger partial charge is 0.174 e. The van der Waals surface area contributed by atoms with E-state index in [1.165, 1.54) is 0 Å². The SMILES string of the molecule is Cc1ccnc(N2CCCOCC2)c1/C(N)=N/O. The van der Waals surface area contributed by atoms with E-state index in [0.29, 0.717) is 12.2 Å². The van der Waals surface area contributed by atoms with Gasteiger partial charge in [-0.3, -0.25) is 0 Å². The third-order valence-corrected chi connectivity index (χ3v) is 3.02. The lowest BCUT2D eigenvalue weighted by Gasteiger charge is -2.23. The lowest BCUT2D eigenvalue weighted by atomic mass is 10.1. The first-order chi connectivity index (χ1) is 8.74. The number of nitrogens with zero attached hydrogens (tertiary/aromatic N) is 3. The van der Waals surface area contributed by atoms with Crippen molar-refractivity contribution in [2.75, 3.05) is 31.2 Å². The number of hydrogen-bond acceptors (Lipinski definition) is 5. The van der Waals surface area contributed by atoms with Gasteiger partial charge in [-0.25, -0.2) is 4.98 Å². The van der Waals surface area contributed by atoms with Crippen molar-refractivity contribution in [3.63, 3.8) is 0 Å². The molecule has 6 heteroatoms. The molecule has 0 atom stereocenters. The van der Waals surface area contributed by atoms with E-state index in [1.54, 1.807) is 6.20 Å². The molecule has 2 heterocycles. The molecule has 0 radical (unpaired) electrons. The van der Waals surface area contributed by atoms with Crippen molar-refractivity contribution >= 4 is 11.7 Å². The number of nitrogens with two attached hydrogens (primary N) is 1. The lowest BCUT2D eigenvalue weighted by Crippen LogP contribution is -2.30. The zero-order valence-corrected chi connectivity index (χ0v) is 10.5. The minimum atomic E-state index is 0.0979. The molecular weight excluding hydrogens is 232 g/mol. The Bertz CT molecular complexity index is 440. The number of oxime groups is 1. The fourth-order valence-corrected chi connectivity index (χ4v) is 2.11. The van der Waals surface area contributed by atoms with Gasteiger partial charge in [0.05, 0.1) is 12.2 Å². The van der Waals surface area contributed by atoms with Crippen LogP contribution in [0.15, 0.2) is 17.4 Å². The van der Waals surface area contributed by atoms with Gasteiger partial charge >= 0.3 is 0 Å². The average Bonchev–Trinajstić information content (AvgIpc) is 2.66. The van der Waals surface area contributed by atoms with Gasteiger partial charge in [0, 0.05) is 25.9 Å². The summed E-state index contributed by atoms with van der Waals surface area (Å²) in [7, 11) is 0. The molecule has 1 aromatic heterocycles. The summed E-state index contributed by atoms with van der Waals surface area (Å²) in [6.45, 7) is 4.99. The van der Waals surface area contributed by atoms with Crippen LogP contribution in [0.1, 0.15) is 17.5 Å². The second-order valence-corrected chi connectivity index (χ2v) is 4.26. The molecule has 1 saturated heterocycles. The summed E-state index contributed by atoms with van der Waals surface area (Å²) in [5.41, 5.74) is 7.38. The maximum Gasteiger partial charge on any atom is 0.174 e. The van der Waals surface area contributed by atoms with Crippen LogP contribution in [0.2, 0.25) is 0 Å². The summed E-state index contributed by atoms with van der Waals surface area (Å²) in [5.74, 6) is 0.858. The maximum atomic E-state index is 8.88. The molecule has 1 aliphatic rings. The van der Waals surface area contributed by atoms with Crippen LogP contribution < -0.4 is 10.6 Å². The topological polar surface area (TPSA) is 84.0 Å². The van der Waals surface area contributed by atoms with E-state index in [-0.39, 0.29) is 5.84 Å². The van der Waals surface area contributed by atoms with Crippen LogP contribution in [0.3, 0.4) is 0 Å². The quantitative estimate of drug-likeness (QED) is 0.349. The summed E-state index contributed by atoms with van der Waals surface area (Å²) in [4.78, 5) is 6.49. The highest BCUT2D eigenvalue weighted by Gasteiger charge is 2.18. The Morgan fingerprint density at radius 3 is 3.11 bits per heavy atom. The van der Waals surface area contributed by atoms with E-state index in [9.17, 15) is 0 Å². The van der Waals surface area contributed by atoms with Gasteiger partial charge in [0.25, 0.3) is 0 Å². The van der Waals surface area contributed by atoms with Gasteiger partial charge < -0.3 is 20.6 Å². The molecular formula is C12H18N4O2. The highest BCUT2D eigenvalue weighted by molar-refractivity contribution is 6.02. The Labute approximate surface area is 106 Å². The highest BCUT2D eigenvalue weighted by Crippen LogP contribution is 2.21. The van der Waals surface area contributed by atoms with Crippen molar-refractivity contribution in [3.05, 3.63) is 23.4 Å². The predicted octanol–water partition coefficient (Wildman–Crippen LogP) is 0.711. The Hall–Kier alpha value is -1.82. The van der Waals surface area contributed by atoms with Crippen molar-refractivity contribution in [2.45, 2.75) is 13.3 Å². The number of anilines is 1. The first kappa shape index (κ1) is 12.6. The van der Waals surface area contributed by atoms with Gasteiger partial charge in [-0.05, 0) is 25.0 Å². The molecule has 0 bridgehead atoms. The molecule has 3 N–H and O–H groups in total. The van der Waals surface area contributed by atoms with Crippen molar-refractivity contribution in [2.24, 2.45) is 10.9 Å². The second kappa shape index (κ2) is 5.68. The van der Waals surface area contributed by atoms with Crippen LogP contribution in [0.4, 0.5) is 5.82 Å². The molecule has 2 rings (SSSR count). The minimum absolute atomic E-state index is 0.0979. The average molecular weight is 250 g/mol. The van der Waals surface area contributed by atoms with E-state index in [0.717, 1.165) is 37.5 Å². The Morgan fingerprint density at radius 2 is 2.33 bits per heavy atom. The van der Waals surface area contributed by atoms with E-state index >= 15 is 0 Å². The predicted molar refractivity (Wildman–Crippen MR) is 69.1 cm³/mol. The number of rotatable bonds is 2. The molecule has 0 spiro atoms. The summed E-state index contributed by atoms with van der Waals surface area (Å²) in [5, 5.41) is 12.0. The van der Waals surface area contributed by atoms with Crippen molar-refractivity contribution in [1.82, 2.24) is 4.98 Å². The summed E-state index contributed by atoms with van der Waals surface area (Å²) in [6.07, 6.45) is 2.69. The van der Waals surface area contributed by atoms with E-state index in [2.05, 4.69) is 15.0 Å². The molecule has 1 aromatic rings. The Kier molecular flexibility index (Phi) is 3.99. The largest absolute Gasteiger partial charge is 0.409 e. The van der Waals surface area contributed by atoms with Gasteiger partial charge in [-0.1, -0.05) is 5.16 Å². The number of pyridine rings is 1. The number of aromatic nitrogens is 1. The summed E-state index contributed by atoms with van der Waals surface area (Å²) >= 11 is 0. The second-order valence-electron chi connectivity index (χ2n) is 4.26. The lowest BCUT2D eigenvalue weighted by molar-refractivity contribution is 0.152. The fourth-order valence-electron chi connectivity index (χ4n) is 2.11. The van der Waals surface area contributed by atoms with Gasteiger partial charge in [0.2, 0.25) is 0 Å². The molecule has 0 amide bonds.